The van der Waals surface area contributed by atoms with Crippen LogP contribution in [0, 0.1) is 5.92 Å². The van der Waals surface area contributed by atoms with Gasteiger partial charge in [-0.25, -0.2) is 4.98 Å². The molecule has 2 unspecified atom stereocenters. The molecule has 9 aromatic rings. The Morgan fingerprint density at radius 2 is 1.00 bits per heavy atom. The quantitative estimate of drug-likeness (QED) is 0.175. The van der Waals surface area contributed by atoms with E-state index in [1.54, 1.807) is 0 Å². The van der Waals surface area contributed by atoms with Crippen molar-refractivity contribution in [3.05, 3.63) is 176 Å². The number of imidazole rings is 1. The van der Waals surface area contributed by atoms with E-state index in [0.29, 0.717) is 5.92 Å². The summed E-state index contributed by atoms with van der Waals surface area (Å²) >= 11 is 0. The van der Waals surface area contributed by atoms with E-state index in [2.05, 4.69) is 187 Å². The molecule has 1 heterocycles. The zero-order valence-corrected chi connectivity index (χ0v) is 27.8. The normalized spacial score (nSPS) is 15.9. The van der Waals surface area contributed by atoms with Crippen molar-refractivity contribution in [2.45, 2.75) is 13.0 Å². The van der Waals surface area contributed by atoms with Crippen LogP contribution in [0.25, 0.3) is 87.8 Å². The second-order valence-electron chi connectivity index (χ2n) is 13.6. The van der Waals surface area contributed by atoms with Crippen molar-refractivity contribution in [3.63, 3.8) is 0 Å². The van der Waals surface area contributed by atoms with Gasteiger partial charge in [0.25, 0.3) is 0 Å². The Morgan fingerprint density at radius 3 is 1.68 bits per heavy atom. The Morgan fingerprint density at radius 1 is 0.460 bits per heavy atom. The highest BCUT2D eigenvalue weighted by molar-refractivity contribution is 6.22. The number of allylic oxidation sites excluding steroid dienone is 4. The highest BCUT2D eigenvalue weighted by Gasteiger charge is 2.24. The van der Waals surface area contributed by atoms with E-state index in [0.717, 1.165) is 22.4 Å². The summed E-state index contributed by atoms with van der Waals surface area (Å²) < 4.78 is 2.45. The van der Waals surface area contributed by atoms with E-state index in [1.807, 2.05) is 0 Å². The first-order chi connectivity index (χ1) is 24.7. The number of fused-ring (bicyclic) bond motifs is 5. The molecule has 8 aromatic carbocycles. The van der Waals surface area contributed by atoms with Crippen molar-refractivity contribution in [2.24, 2.45) is 5.92 Å². The first-order valence-corrected chi connectivity index (χ1v) is 17.5. The number of hydrogen-bond donors (Lipinski definition) is 0. The Labute approximate surface area is 291 Å². The van der Waals surface area contributed by atoms with Crippen LogP contribution in [0.15, 0.2) is 176 Å². The van der Waals surface area contributed by atoms with Crippen molar-refractivity contribution in [2.75, 3.05) is 0 Å². The third-order valence-electron chi connectivity index (χ3n) is 10.6. The van der Waals surface area contributed by atoms with Gasteiger partial charge in [-0.1, -0.05) is 153 Å². The molecule has 0 N–H and O–H groups in total. The second-order valence-corrected chi connectivity index (χ2v) is 13.6. The van der Waals surface area contributed by atoms with Crippen LogP contribution in [0.2, 0.25) is 0 Å². The molecule has 0 amide bonds. The summed E-state index contributed by atoms with van der Waals surface area (Å²) in [7, 11) is 0. The molecule has 2 nitrogen and oxygen atoms in total. The largest absolute Gasteiger partial charge is 0.316 e. The Hall–Kier alpha value is -6.25. The first kappa shape index (κ1) is 28.7. The zero-order valence-electron chi connectivity index (χ0n) is 27.8. The molecule has 1 aliphatic carbocycles. The monoisotopic (exact) mass is 638 g/mol. The summed E-state index contributed by atoms with van der Waals surface area (Å²) in [6, 6.07) is 55.8. The molecule has 1 aliphatic rings. The van der Waals surface area contributed by atoms with Gasteiger partial charge < -0.3 is 4.57 Å². The van der Waals surface area contributed by atoms with Crippen LogP contribution in [0.3, 0.4) is 0 Å². The molecule has 1 aromatic heterocycles. The molecular formula is C48H34N2. The lowest BCUT2D eigenvalue weighted by Gasteiger charge is -2.25. The molecule has 0 spiro atoms. The van der Waals surface area contributed by atoms with Crippen molar-refractivity contribution in [3.8, 4) is 33.6 Å². The second kappa shape index (κ2) is 11.4. The van der Waals surface area contributed by atoms with E-state index in [9.17, 15) is 0 Å². The number of para-hydroxylation sites is 2. The highest BCUT2D eigenvalue weighted by atomic mass is 15.1. The van der Waals surface area contributed by atoms with Crippen molar-refractivity contribution in [1.29, 1.82) is 0 Å². The molecule has 0 bridgehead atoms. The standard InChI is InChI=1S/C48H34N2/c1-31-12-2-10-20-44(31)50-45-21-11-9-19-43(45)49-48(50)38-26-27-41-42(30-38)47(37-25-23-33-14-4-6-16-35(33)29-37)40-18-8-7-17-39(40)46(41)36-24-22-32-13-3-5-15-34(32)28-36/h2-31,44H,1H3. The number of nitrogens with zero attached hydrogens (tertiary/aromatic N) is 2. The number of benzene rings is 8. The Bertz CT molecular complexity index is 2850. The van der Waals surface area contributed by atoms with Gasteiger partial charge in [-0.15, -0.1) is 0 Å². The Kier molecular flexibility index (Phi) is 6.57. The molecule has 0 aliphatic heterocycles. The van der Waals surface area contributed by atoms with Crippen LogP contribution in [0.4, 0.5) is 0 Å². The minimum absolute atomic E-state index is 0.169. The van der Waals surface area contributed by atoms with Crippen molar-refractivity contribution >= 4 is 54.1 Å². The average Bonchev–Trinajstić information content (AvgIpc) is 3.56. The molecule has 0 fully saturated rings. The third kappa shape index (κ3) is 4.53. The SMILES string of the molecule is CC1C=CC=CC1n1c(-c2ccc3c(-c4ccc5ccccc5c4)c4ccccc4c(-c4ccc5ccccc5c4)c3c2)nc2ccccc21. The third-order valence-corrected chi connectivity index (χ3v) is 10.6. The number of hydrogen-bond acceptors (Lipinski definition) is 1. The number of aromatic nitrogens is 2. The molecule has 50 heavy (non-hydrogen) atoms. The van der Waals surface area contributed by atoms with E-state index < -0.39 is 0 Å². The van der Waals surface area contributed by atoms with Gasteiger partial charge in [-0.3, -0.25) is 0 Å². The zero-order chi connectivity index (χ0) is 33.2. The maximum Gasteiger partial charge on any atom is 0.141 e. The molecule has 2 atom stereocenters. The van der Waals surface area contributed by atoms with Crippen molar-refractivity contribution in [1.82, 2.24) is 9.55 Å². The minimum atomic E-state index is 0.169. The molecule has 0 radical (unpaired) electrons. The summed E-state index contributed by atoms with van der Waals surface area (Å²) in [5, 5.41) is 9.95. The predicted molar refractivity (Wildman–Crippen MR) is 213 cm³/mol. The van der Waals surface area contributed by atoms with Crippen LogP contribution < -0.4 is 0 Å². The van der Waals surface area contributed by atoms with Gasteiger partial charge in [-0.2, -0.15) is 0 Å². The summed E-state index contributed by atoms with van der Waals surface area (Å²) in [6.45, 7) is 2.30. The lowest BCUT2D eigenvalue weighted by Crippen LogP contribution is -2.16. The molecule has 0 saturated heterocycles. The average molecular weight is 639 g/mol. The minimum Gasteiger partial charge on any atom is -0.316 e. The van der Waals surface area contributed by atoms with Gasteiger partial charge >= 0.3 is 0 Å². The van der Waals surface area contributed by atoms with Crippen molar-refractivity contribution < 1.29 is 0 Å². The maximum atomic E-state index is 5.32. The predicted octanol–water partition coefficient (Wildman–Crippen LogP) is 13.0. The van der Waals surface area contributed by atoms with Gasteiger partial charge in [0.05, 0.1) is 17.1 Å². The summed E-state index contributed by atoms with van der Waals surface area (Å²) in [5.74, 6) is 1.34. The van der Waals surface area contributed by atoms with E-state index >= 15 is 0 Å². The van der Waals surface area contributed by atoms with Gasteiger partial charge in [0.1, 0.15) is 5.82 Å². The summed E-state index contributed by atoms with van der Waals surface area (Å²) in [4.78, 5) is 5.32. The van der Waals surface area contributed by atoms with Crippen LogP contribution in [-0.2, 0) is 0 Å². The summed E-state index contributed by atoms with van der Waals surface area (Å²) in [5.41, 5.74) is 8.25. The van der Waals surface area contributed by atoms with Crippen LogP contribution >= 0.6 is 0 Å². The van der Waals surface area contributed by atoms with E-state index in [1.165, 1.54) is 65.3 Å². The molecule has 10 rings (SSSR count). The van der Waals surface area contributed by atoms with E-state index in [-0.39, 0.29) is 6.04 Å². The fourth-order valence-corrected chi connectivity index (χ4v) is 8.21. The van der Waals surface area contributed by atoms with Crippen LogP contribution in [-0.4, -0.2) is 9.55 Å². The van der Waals surface area contributed by atoms with Crippen LogP contribution in [0.5, 0.6) is 0 Å². The fraction of sp³-hybridized carbons (Fsp3) is 0.0625. The molecular weight excluding hydrogens is 605 g/mol. The Balaban J connectivity index is 1.31. The molecule has 236 valence electrons. The number of rotatable bonds is 4. The maximum absolute atomic E-state index is 5.32. The fourth-order valence-electron chi connectivity index (χ4n) is 8.21. The lowest BCUT2D eigenvalue weighted by molar-refractivity contribution is 0.500. The van der Waals surface area contributed by atoms with Gasteiger partial charge in [0, 0.05) is 5.56 Å². The highest BCUT2D eigenvalue weighted by Crippen LogP contribution is 2.46. The first-order valence-electron chi connectivity index (χ1n) is 17.5. The lowest BCUT2D eigenvalue weighted by atomic mass is 9.84. The van der Waals surface area contributed by atoms with Gasteiger partial charge in [0.2, 0.25) is 0 Å². The summed E-state index contributed by atoms with van der Waals surface area (Å²) in [6.07, 6.45) is 8.94. The van der Waals surface area contributed by atoms with Gasteiger partial charge in [0.15, 0.2) is 0 Å². The van der Waals surface area contributed by atoms with Gasteiger partial charge in [-0.05, 0) is 102 Å². The van der Waals surface area contributed by atoms with E-state index in [4.69, 9.17) is 4.98 Å². The van der Waals surface area contributed by atoms with Crippen LogP contribution in [0.1, 0.15) is 13.0 Å². The topological polar surface area (TPSA) is 17.8 Å². The smallest absolute Gasteiger partial charge is 0.141 e. The molecule has 2 heteroatoms. The molecule has 0 saturated carbocycles.